The van der Waals surface area contributed by atoms with Crippen molar-refractivity contribution in [2.24, 2.45) is 0 Å². The molecular formula is C9H18O3S. The van der Waals surface area contributed by atoms with Crippen LogP contribution in [0.3, 0.4) is 0 Å². The first-order valence-corrected chi connectivity index (χ1v) is 5.66. The number of carboxylic acid groups (broad SMARTS) is 1. The van der Waals surface area contributed by atoms with Gasteiger partial charge in [-0.3, -0.25) is 4.79 Å². The van der Waals surface area contributed by atoms with E-state index in [-0.39, 0.29) is 18.3 Å². The van der Waals surface area contributed by atoms with Crippen molar-refractivity contribution in [3.63, 3.8) is 0 Å². The van der Waals surface area contributed by atoms with Crippen molar-refractivity contribution in [1.82, 2.24) is 0 Å². The summed E-state index contributed by atoms with van der Waals surface area (Å²) < 4.78 is 0. The summed E-state index contributed by atoms with van der Waals surface area (Å²) >= 11 is 1.69. The molecule has 0 aromatic rings. The monoisotopic (exact) mass is 206 g/mol. The minimum absolute atomic E-state index is 0.201. The van der Waals surface area contributed by atoms with Gasteiger partial charge in [0, 0.05) is 11.9 Å². The number of aliphatic hydroxyl groups is 1. The van der Waals surface area contributed by atoms with E-state index in [1.54, 1.807) is 11.8 Å². The summed E-state index contributed by atoms with van der Waals surface area (Å²) in [5.41, 5.74) is 0. The Bertz CT molecular complexity index is 139. The van der Waals surface area contributed by atoms with Gasteiger partial charge in [0.25, 0.3) is 0 Å². The maximum absolute atomic E-state index is 10.3. The van der Waals surface area contributed by atoms with E-state index < -0.39 is 5.97 Å². The van der Waals surface area contributed by atoms with E-state index in [9.17, 15) is 4.79 Å². The predicted octanol–water partition coefficient (Wildman–Crippen LogP) is 1.75. The number of carbonyl (C=O) groups is 1. The molecule has 0 aliphatic carbocycles. The van der Waals surface area contributed by atoms with Crippen LogP contribution < -0.4 is 0 Å². The molecule has 78 valence electrons. The summed E-state index contributed by atoms with van der Waals surface area (Å²) in [6.45, 7) is 2.19. The number of unbranched alkanes of at least 4 members (excludes halogenated alkanes) is 2. The molecule has 0 aromatic carbocycles. The number of rotatable bonds is 8. The number of carboxylic acids is 1. The Kier molecular flexibility index (Phi) is 8.24. The number of hydrogen-bond donors (Lipinski definition) is 2. The minimum Gasteiger partial charge on any atom is -0.481 e. The number of aliphatic carboxylic acids is 1. The molecule has 0 rings (SSSR count). The first kappa shape index (κ1) is 12.8. The third kappa shape index (κ3) is 9.70. The zero-order chi connectivity index (χ0) is 10.1. The molecule has 0 saturated carbocycles. The lowest BCUT2D eigenvalue weighted by Crippen LogP contribution is -2.06. The van der Waals surface area contributed by atoms with E-state index in [2.05, 4.69) is 0 Å². The lowest BCUT2D eigenvalue weighted by molar-refractivity contribution is -0.136. The smallest absolute Gasteiger partial charge is 0.304 e. The van der Waals surface area contributed by atoms with Crippen molar-refractivity contribution in [3.05, 3.63) is 0 Å². The van der Waals surface area contributed by atoms with Gasteiger partial charge in [0.05, 0.1) is 6.42 Å². The highest BCUT2D eigenvalue weighted by molar-refractivity contribution is 7.99. The standard InChI is InChI=1S/C9H18O3S/c1-8(7-9(11)12)13-6-4-2-3-5-10/h8,10H,2-7H2,1H3,(H,11,12). The molecule has 2 N–H and O–H groups in total. The second kappa shape index (κ2) is 8.38. The van der Waals surface area contributed by atoms with E-state index in [4.69, 9.17) is 10.2 Å². The molecule has 0 aromatic heterocycles. The van der Waals surface area contributed by atoms with Crippen LogP contribution in [0.1, 0.15) is 32.6 Å². The van der Waals surface area contributed by atoms with Crippen molar-refractivity contribution < 1.29 is 15.0 Å². The van der Waals surface area contributed by atoms with E-state index in [0.29, 0.717) is 0 Å². The molecule has 0 radical (unpaired) electrons. The van der Waals surface area contributed by atoms with E-state index in [1.165, 1.54) is 0 Å². The topological polar surface area (TPSA) is 57.5 Å². The zero-order valence-electron chi connectivity index (χ0n) is 8.03. The summed E-state index contributed by atoms with van der Waals surface area (Å²) in [4.78, 5) is 10.3. The second-order valence-electron chi connectivity index (χ2n) is 3.06. The quantitative estimate of drug-likeness (QED) is 0.594. The minimum atomic E-state index is -0.727. The molecule has 0 saturated heterocycles. The van der Waals surface area contributed by atoms with Crippen molar-refractivity contribution in [2.45, 2.75) is 37.9 Å². The molecule has 0 amide bonds. The van der Waals surface area contributed by atoms with Crippen LogP contribution in [0.15, 0.2) is 0 Å². The third-order valence-corrected chi connectivity index (χ3v) is 2.93. The first-order valence-electron chi connectivity index (χ1n) is 4.61. The molecule has 13 heavy (non-hydrogen) atoms. The van der Waals surface area contributed by atoms with Gasteiger partial charge in [0.2, 0.25) is 0 Å². The summed E-state index contributed by atoms with van der Waals surface area (Å²) in [6, 6.07) is 0. The van der Waals surface area contributed by atoms with Gasteiger partial charge in [-0.1, -0.05) is 13.3 Å². The maximum atomic E-state index is 10.3. The Labute approximate surface area is 83.5 Å². The second-order valence-corrected chi connectivity index (χ2v) is 4.61. The van der Waals surface area contributed by atoms with Crippen LogP contribution in [-0.2, 0) is 4.79 Å². The van der Waals surface area contributed by atoms with Crippen molar-refractivity contribution in [2.75, 3.05) is 12.4 Å². The average Bonchev–Trinajstić information content (AvgIpc) is 2.02. The highest BCUT2D eigenvalue weighted by Gasteiger charge is 2.06. The average molecular weight is 206 g/mol. The van der Waals surface area contributed by atoms with E-state index >= 15 is 0 Å². The van der Waals surface area contributed by atoms with Crippen molar-refractivity contribution in [3.8, 4) is 0 Å². The number of thioether (sulfide) groups is 1. The lowest BCUT2D eigenvalue weighted by atomic mass is 10.3. The van der Waals surface area contributed by atoms with Gasteiger partial charge in [-0.15, -0.1) is 0 Å². The molecule has 4 heteroatoms. The van der Waals surface area contributed by atoms with E-state index in [0.717, 1.165) is 25.0 Å². The molecule has 0 heterocycles. The Morgan fingerprint density at radius 3 is 2.62 bits per heavy atom. The van der Waals surface area contributed by atoms with Crippen LogP contribution in [0.25, 0.3) is 0 Å². The van der Waals surface area contributed by atoms with Crippen LogP contribution in [0.4, 0.5) is 0 Å². The van der Waals surface area contributed by atoms with Crippen molar-refractivity contribution >= 4 is 17.7 Å². The van der Waals surface area contributed by atoms with Crippen LogP contribution in [-0.4, -0.2) is 33.8 Å². The van der Waals surface area contributed by atoms with Gasteiger partial charge in [-0.25, -0.2) is 0 Å². The fraction of sp³-hybridized carbons (Fsp3) is 0.889. The summed E-state index contributed by atoms with van der Waals surface area (Å²) in [5, 5.41) is 17.2. The summed E-state index contributed by atoms with van der Waals surface area (Å²) in [7, 11) is 0. The maximum Gasteiger partial charge on any atom is 0.304 e. The molecule has 0 spiro atoms. The van der Waals surface area contributed by atoms with Gasteiger partial charge in [-0.05, 0) is 18.6 Å². The number of aliphatic hydroxyl groups excluding tert-OH is 1. The first-order chi connectivity index (χ1) is 6.16. The number of hydrogen-bond acceptors (Lipinski definition) is 3. The largest absolute Gasteiger partial charge is 0.481 e. The van der Waals surface area contributed by atoms with Gasteiger partial charge in [-0.2, -0.15) is 11.8 Å². The van der Waals surface area contributed by atoms with Gasteiger partial charge >= 0.3 is 5.97 Å². The van der Waals surface area contributed by atoms with Crippen molar-refractivity contribution in [1.29, 1.82) is 0 Å². The highest BCUT2D eigenvalue weighted by Crippen LogP contribution is 2.15. The van der Waals surface area contributed by atoms with Crippen LogP contribution in [0.5, 0.6) is 0 Å². The molecule has 1 atom stereocenters. The molecule has 3 nitrogen and oxygen atoms in total. The molecule has 0 aliphatic rings. The third-order valence-electron chi connectivity index (χ3n) is 1.67. The normalized spacial score (nSPS) is 12.8. The Hall–Kier alpha value is -0.220. The fourth-order valence-corrected chi connectivity index (χ4v) is 2.01. The Morgan fingerprint density at radius 1 is 1.38 bits per heavy atom. The molecule has 1 unspecified atom stereocenters. The van der Waals surface area contributed by atoms with Gasteiger partial charge in [0.1, 0.15) is 0 Å². The van der Waals surface area contributed by atoms with Crippen LogP contribution >= 0.6 is 11.8 Å². The van der Waals surface area contributed by atoms with Crippen LogP contribution in [0, 0.1) is 0 Å². The molecule has 0 fully saturated rings. The fourth-order valence-electron chi connectivity index (χ4n) is 0.980. The zero-order valence-corrected chi connectivity index (χ0v) is 8.85. The summed E-state index contributed by atoms with van der Waals surface area (Å²) in [6.07, 6.45) is 3.19. The van der Waals surface area contributed by atoms with Gasteiger partial charge < -0.3 is 10.2 Å². The Morgan fingerprint density at radius 2 is 2.08 bits per heavy atom. The Balaban J connectivity index is 3.17. The van der Waals surface area contributed by atoms with Gasteiger partial charge in [0.15, 0.2) is 0 Å². The molecule has 0 aliphatic heterocycles. The summed E-state index contributed by atoms with van der Waals surface area (Å²) in [5.74, 6) is 0.268. The van der Waals surface area contributed by atoms with E-state index in [1.807, 2.05) is 6.92 Å². The SMILES string of the molecule is CC(CC(=O)O)SCCCCCO. The molecular weight excluding hydrogens is 188 g/mol. The molecule has 0 bridgehead atoms. The predicted molar refractivity (Wildman–Crippen MR) is 55.1 cm³/mol. The highest BCUT2D eigenvalue weighted by atomic mass is 32.2. The lowest BCUT2D eigenvalue weighted by Gasteiger charge is -2.07. The van der Waals surface area contributed by atoms with Crippen LogP contribution in [0.2, 0.25) is 0 Å².